The van der Waals surface area contributed by atoms with Crippen LogP contribution in [0.5, 0.6) is 0 Å². The van der Waals surface area contributed by atoms with Gasteiger partial charge < -0.3 is 5.32 Å². The minimum Gasteiger partial charge on any atom is -0.364 e. The lowest BCUT2D eigenvalue weighted by molar-refractivity contribution is 0.948. The van der Waals surface area contributed by atoms with Gasteiger partial charge in [0.15, 0.2) is 5.82 Å². The maximum Gasteiger partial charge on any atom is 0.156 e. The molecule has 0 aliphatic rings. The molecule has 4 rings (SSSR count). The first-order valence-electron chi connectivity index (χ1n) is 8.46. The van der Waals surface area contributed by atoms with Crippen molar-refractivity contribution >= 4 is 16.6 Å². The zero-order valence-corrected chi connectivity index (χ0v) is 13.9. The number of nitrogens with one attached hydrogen (secondary N) is 1. The highest BCUT2D eigenvalue weighted by Gasteiger charge is 2.09. The van der Waals surface area contributed by atoms with E-state index in [1.807, 2.05) is 30.3 Å². The standard InChI is InChI=1S/C22H19N3/c1-3-9-17(10-4-1)15-21-19-13-7-8-14-20(19)22(25-24-21)23-16-18-11-5-2-6-12-18/h1-14H,15-16H2,(H,23,25). The number of rotatable bonds is 5. The summed E-state index contributed by atoms with van der Waals surface area (Å²) in [5.74, 6) is 0.830. The maximum atomic E-state index is 4.50. The smallest absolute Gasteiger partial charge is 0.156 e. The number of fused-ring (bicyclic) bond motifs is 1. The molecule has 0 atom stereocenters. The van der Waals surface area contributed by atoms with Gasteiger partial charge in [0.1, 0.15) is 0 Å². The topological polar surface area (TPSA) is 37.8 Å². The second-order valence-electron chi connectivity index (χ2n) is 6.04. The number of hydrogen-bond acceptors (Lipinski definition) is 3. The Balaban J connectivity index is 1.64. The monoisotopic (exact) mass is 325 g/mol. The quantitative estimate of drug-likeness (QED) is 0.571. The molecular formula is C22H19N3. The highest BCUT2D eigenvalue weighted by atomic mass is 15.2. The third-order valence-corrected chi connectivity index (χ3v) is 4.28. The molecule has 0 amide bonds. The van der Waals surface area contributed by atoms with Gasteiger partial charge in [-0.05, 0) is 11.1 Å². The third-order valence-electron chi connectivity index (χ3n) is 4.28. The summed E-state index contributed by atoms with van der Waals surface area (Å²) in [5, 5.41) is 14.6. The number of hydrogen-bond donors (Lipinski definition) is 1. The Morgan fingerprint density at radius 1 is 0.600 bits per heavy atom. The van der Waals surface area contributed by atoms with Crippen LogP contribution in [0.4, 0.5) is 5.82 Å². The summed E-state index contributed by atoms with van der Waals surface area (Å²) in [5.41, 5.74) is 3.47. The normalized spacial score (nSPS) is 10.7. The second kappa shape index (κ2) is 7.14. The minimum atomic E-state index is 0.734. The summed E-state index contributed by atoms with van der Waals surface area (Å²) in [6, 6.07) is 29.0. The highest BCUT2D eigenvalue weighted by Crippen LogP contribution is 2.24. The van der Waals surface area contributed by atoms with Crippen LogP contribution in [0.15, 0.2) is 84.9 Å². The van der Waals surface area contributed by atoms with E-state index in [1.54, 1.807) is 0 Å². The third kappa shape index (κ3) is 3.50. The molecule has 4 aromatic rings. The van der Waals surface area contributed by atoms with Crippen molar-refractivity contribution in [3.63, 3.8) is 0 Å². The molecule has 1 N–H and O–H groups in total. The van der Waals surface area contributed by atoms with Crippen molar-refractivity contribution in [2.45, 2.75) is 13.0 Å². The number of anilines is 1. The Labute approximate surface area is 147 Å². The first kappa shape index (κ1) is 15.3. The molecule has 0 aliphatic carbocycles. The van der Waals surface area contributed by atoms with E-state index in [0.29, 0.717) is 0 Å². The van der Waals surface area contributed by atoms with Crippen LogP contribution in [-0.2, 0) is 13.0 Å². The molecule has 0 aliphatic heterocycles. The Morgan fingerprint density at radius 3 is 1.92 bits per heavy atom. The number of nitrogens with zero attached hydrogens (tertiary/aromatic N) is 2. The first-order valence-corrected chi connectivity index (χ1v) is 8.46. The van der Waals surface area contributed by atoms with Gasteiger partial charge in [0.05, 0.1) is 5.69 Å². The van der Waals surface area contributed by atoms with Crippen LogP contribution in [0.1, 0.15) is 16.8 Å². The molecule has 122 valence electrons. The Morgan fingerprint density at radius 2 is 1.20 bits per heavy atom. The van der Waals surface area contributed by atoms with E-state index in [-0.39, 0.29) is 0 Å². The van der Waals surface area contributed by atoms with Gasteiger partial charge in [0, 0.05) is 23.7 Å². The molecule has 3 aromatic carbocycles. The summed E-state index contributed by atoms with van der Waals surface area (Å²) >= 11 is 0. The van der Waals surface area contributed by atoms with Crippen molar-refractivity contribution in [2.24, 2.45) is 0 Å². The fraction of sp³-hybridized carbons (Fsp3) is 0.0909. The van der Waals surface area contributed by atoms with Crippen molar-refractivity contribution in [1.82, 2.24) is 10.2 Å². The van der Waals surface area contributed by atoms with Crippen LogP contribution >= 0.6 is 0 Å². The van der Waals surface area contributed by atoms with E-state index in [2.05, 4.69) is 70.1 Å². The van der Waals surface area contributed by atoms with E-state index in [1.165, 1.54) is 11.1 Å². The average molecular weight is 325 g/mol. The Bertz CT molecular complexity index is 966. The molecular weight excluding hydrogens is 306 g/mol. The van der Waals surface area contributed by atoms with Crippen molar-refractivity contribution in [1.29, 1.82) is 0 Å². The molecule has 0 unspecified atom stereocenters. The Kier molecular flexibility index (Phi) is 4.38. The van der Waals surface area contributed by atoms with Gasteiger partial charge in [-0.15, -0.1) is 5.10 Å². The lowest BCUT2D eigenvalue weighted by Gasteiger charge is -2.11. The molecule has 0 fully saturated rings. The van der Waals surface area contributed by atoms with Gasteiger partial charge in [0.2, 0.25) is 0 Å². The molecule has 3 nitrogen and oxygen atoms in total. The van der Waals surface area contributed by atoms with Gasteiger partial charge in [-0.2, -0.15) is 5.10 Å². The molecule has 0 saturated heterocycles. The van der Waals surface area contributed by atoms with E-state index in [9.17, 15) is 0 Å². The lowest BCUT2D eigenvalue weighted by atomic mass is 10.0. The fourth-order valence-corrected chi connectivity index (χ4v) is 2.99. The van der Waals surface area contributed by atoms with Gasteiger partial charge in [-0.3, -0.25) is 0 Å². The first-order chi connectivity index (χ1) is 12.4. The maximum absolute atomic E-state index is 4.50. The second-order valence-corrected chi connectivity index (χ2v) is 6.04. The molecule has 25 heavy (non-hydrogen) atoms. The van der Waals surface area contributed by atoms with E-state index >= 15 is 0 Å². The average Bonchev–Trinajstić information content (AvgIpc) is 2.69. The predicted octanol–water partition coefficient (Wildman–Crippen LogP) is 4.83. The van der Waals surface area contributed by atoms with Crippen LogP contribution in [-0.4, -0.2) is 10.2 Å². The predicted molar refractivity (Wildman–Crippen MR) is 103 cm³/mol. The van der Waals surface area contributed by atoms with E-state index < -0.39 is 0 Å². The summed E-state index contributed by atoms with van der Waals surface area (Å²) in [6.07, 6.45) is 0.785. The van der Waals surface area contributed by atoms with Crippen LogP contribution in [0, 0.1) is 0 Å². The molecule has 0 spiro atoms. The van der Waals surface area contributed by atoms with Gasteiger partial charge >= 0.3 is 0 Å². The van der Waals surface area contributed by atoms with Gasteiger partial charge in [-0.25, -0.2) is 0 Å². The molecule has 1 aromatic heterocycles. The molecule has 1 heterocycles. The van der Waals surface area contributed by atoms with Crippen LogP contribution in [0.2, 0.25) is 0 Å². The number of benzene rings is 3. The van der Waals surface area contributed by atoms with E-state index in [0.717, 1.165) is 35.2 Å². The van der Waals surface area contributed by atoms with Crippen molar-refractivity contribution < 1.29 is 0 Å². The van der Waals surface area contributed by atoms with Gasteiger partial charge in [0.25, 0.3) is 0 Å². The SMILES string of the molecule is c1ccc(CNc2nnc(Cc3ccccc3)c3ccccc23)cc1. The van der Waals surface area contributed by atoms with Crippen LogP contribution in [0.25, 0.3) is 10.8 Å². The van der Waals surface area contributed by atoms with Crippen molar-refractivity contribution in [3.05, 3.63) is 102 Å². The summed E-state index contributed by atoms with van der Waals surface area (Å²) < 4.78 is 0. The fourth-order valence-electron chi connectivity index (χ4n) is 2.99. The molecule has 3 heteroatoms. The zero-order chi connectivity index (χ0) is 16.9. The highest BCUT2D eigenvalue weighted by molar-refractivity contribution is 5.93. The molecule has 0 radical (unpaired) electrons. The Hall–Kier alpha value is -3.20. The largest absolute Gasteiger partial charge is 0.364 e. The van der Waals surface area contributed by atoms with E-state index in [4.69, 9.17) is 0 Å². The summed E-state index contributed by atoms with van der Waals surface area (Å²) in [7, 11) is 0. The summed E-state index contributed by atoms with van der Waals surface area (Å²) in [4.78, 5) is 0. The van der Waals surface area contributed by atoms with Gasteiger partial charge in [-0.1, -0.05) is 84.9 Å². The van der Waals surface area contributed by atoms with Crippen LogP contribution < -0.4 is 5.32 Å². The molecule has 0 saturated carbocycles. The minimum absolute atomic E-state index is 0.734. The lowest BCUT2D eigenvalue weighted by Crippen LogP contribution is -2.05. The van der Waals surface area contributed by atoms with Crippen molar-refractivity contribution in [3.8, 4) is 0 Å². The molecule has 0 bridgehead atoms. The summed E-state index contributed by atoms with van der Waals surface area (Å²) in [6.45, 7) is 0.734. The zero-order valence-electron chi connectivity index (χ0n) is 13.9. The van der Waals surface area contributed by atoms with Crippen LogP contribution in [0.3, 0.4) is 0 Å². The number of aromatic nitrogens is 2. The van der Waals surface area contributed by atoms with Crippen molar-refractivity contribution in [2.75, 3.05) is 5.32 Å².